The molecule has 3 heteroatoms. The summed E-state index contributed by atoms with van der Waals surface area (Å²) >= 11 is 1.59. The number of hydrogen-bond acceptors (Lipinski definition) is 3. The Morgan fingerprint density at radius 2 is 2.00 bits per heavy atom. The summed E-state index contributed by atoms with van der Waals surface area (Å²) in [6, 6.07) is 3.90. The average molecular weight is 249 g/mol. The van der Waals surface area contributed by atoms with Crippen LogP contribution in [0.25, 0.3) is 0 Å². The van der Waals surface area contributed by atoms with E-state index in [1.54, 1.807) is 24.2 Å². The summed E-state index contributed by atoms with van der Waals surface area (Å²) in [5, 5.41) is 0. The Labute approximate surface area is 108 Å². The van der Waals surface area contributed by atoms with E-state index in [1.165, 1.54) is 11.6 Å². The van der Waals surface area contributed by atoms with Crippen LogP contribution < -0.4 is 0 Å². The highest BCUT2D eigenvalue weighted by atomic mass is 32.2. The third-order valence-electron chi connectivity index (χ3n) is 1.78. The summed E-state index contributed by atoms with van der Waals surface area (Å²) in [6.45, 7) is 8.96. The van der Waals surface area contributed by atoms with E-state index in [0.717, 1.165) is 12.2 Å². The first-order valence-electron chi connectivity index (χ1n) is 5.47. The highest BCUT2D eigenvalue weighted by Crippen LogP contribution is 2.10. The van der Waals surface area contributed by atoms with Gasteiger partial charge in [0.2, 0.25) is 0 Å². The van der Waals surface area contributed by atoms with Gasteiger partial charge < -0.3 is 0 Å². The second kappa shape index (κ2) is 11.1. The van der Waals surface area contributed by atoms with Gasteiger partial charge in [0.15, 0.2) is 5.78 Å². The van der Waals surface area contributed by atoms with E-state index in [0.29, 0.717) is 5.75 Å². The molecule has 0 saturated heterocycles. The Balaban J connectivity index is 0.000000557. The molecule has 1 heterocycles. The van der Waals surface area contributed by atoms with Gasteiger partial charge in [-0.1, -0.05) is 19.6 Å². The molecule has 0 aliphatic heterocycles. The van der Waals surface area contributed by atoms with Gasteiger partial charge in [-0.2, -0.15) is 0 Å². The van der Waals surface area contributed by atoms with E-state index in [2.05, 4.69) is 25.1 Å². The lowest BCUT2D eigenvalue weighted by molar-refractivity contribution is -0.112. The van der Waals surface area contributed by atoms with E-state index in [9.17, 15) is 4.79 Å². The van der Waals surface area contributed by atoms with Crippen LogP contribution in [0.4, 0.5) is 0 Å². The van der Waals surface area contributed by atoms with Gasteiger partial charge in [0, 0.05) is 18.1 Å². The molecule has 0 aromatic carbocycles. The van der Waals surface area contributed by atoms with Crippen molar-refractivity contribution >= 4 is 17.5 Å². The minimum atomic E-state index is 0.0825. The number of carbonyl (C=O) groups is 1. The monoisotopic (exact) mass is 249 g/mol. The van der Waals surface area contributed by atoms with Crippen LogP contribution in [0, 0.1) is 0 Å². The van der Waals surface area contributed by atoms with Crippen LogP contribution >= 0.6 is 11.8 Å². The fourth-order valence-electron chi connectivity index (χ4n) is 0.807. The van der Waals surface area contributed by atoms with Crippen LogP contribution in [0.3, 0.4) is 0 Å². The van der Waals surface area contributed by atoms with Crippen molar-refractivity contribution in [3.05, 3.63) is 55.4 Å². The number of rotatable bonds is 6. The van der Waals surface area contributed by atoms with Crippen LogP contribution in [0.1, 0.15) is 18.9 Å². The number of pyridine rings is 1. The fraction of sp³-hybridized carbons (Fsp3) is 0.286. The van der Waals surface area contributed by atoms with E-state index >= 15 is 0 Å². The third-order valence-corrected chi connectivity index (χ3v) is 2.80. The fourth-order valence-corrected chi connectivity index (χ4v) is 1.66. The lowest BCUT2D eigenvalue weighted by Gasteiger charge is -1.98. The SMILES string of the molecule is C=CC(=O)CSCc1ccncc1.C=CCC. The molecule has 0 radical (unpaired) electrons. The van der Waals surface area contributed by atoms with Gasteiger partial charge in [-0.05, 0) is 30.2 Å². The molecule has 0 aliphatic carbocycles. The van der Waals surface area contributed by atoms with Crippen LogP contribution in [0.5, 0.6) is 0 Å². The quantitative estimate of drug-likeness (QED) is 0.569. The Kier molecular flexibility index (Phi) is 10.3. The van der Waals surface area contributed by atoms with Gasteiger partial charge in [-0.3, -0.25) is 9.78 Å². The zero-order chi connectivity index (χ0) is 12.9. The van der Waals surface area contributed by atoms with Gasteiger partial charge in [-0.15, -0.1) is 18.3 Å². The Morgan fingerprint density at radius 3 is 2.47 bits per heavy atom. The van der Waals surface area contributed by atoms with Gasteiger partial charge in [0.05, 0.1) is 5.75 Å². The zero-order valence-electron chi connectivity index (χ0n) is 10.3. The minimum absolute atomic E-state index is 0.0825. The number of nitrogens with zero attached hydrogens (tertiary/aromatic N) is 1. The maximum absolute atomic E-state index is 10.9. The van der Waals surface area contributed by atoms with Crippen molar-refractivity contribution in [1.82, 2.24) is 4.98 Å². The molecule has 0 bridgehead atoms. The number of thioether (sulfide) groups is 1. The van der Waals surface area contributed by atoms with Gasteiger partial charge in [0.1, 0.15) is 0 Å². The third kappa shape index (κ3) is 9.57. The van der Waals surface area contributed by atoms with Crippen LogP contribution in [0.2, 0.25) is 0 Å². The van der Waals surface area contributed by atoms with Crippen molar-refractivity contribution in [2.75, 3.05) is 5.75 Å². The molecule has 0 saturated carbocycles. The second-order valence-electron chi connectivity index (χ2n) is 3.22. The standard InChI is InChI=1S/C10H11NOS.C4H8/c1-2-10(12)8-13-7-9-3-5-11-6-4-9;1-3-4-2/h2-6H,1,7-8H2;3H,1,4H2,2H3. The van der Waals surface area contributed by atoms with Gasteiger partial charge >= 0.3 is 0 Å². The Morgan fingerprint density at radius 1 is 1.41 bits per heavy atom. The van der Waals surface area contributed by atoms with E-state index in [4.69, 9.17) is 0 Å². The normalized spacial score (nSPS) is 8.76. The maximum atomic E-state index is 10.9. The van der Waals surface area contributed by atoms with Crippen molar-refractivity contribution in [3.63, 3.8) is 0 Å². The van der Waals surface area contributed by atoms with Crippen LogP contribution in [-0.2, 0) is 10.5 Å². The second-order valence-corrected chi connectivity index (χ2v) is 4.20. The average Bonchev–Trinajstić information content (AvgIpc) is 2.40. The zero-order valence-corrected chi connectivity index (χ0v) is 11.1. The van der Waals surface area contributed by atoms with Crippen molar-refractivity contribution in [3.8, 4) is 0 Å². The van der Waals surface area contributed by atoms with E-state index in [-0.39, 0.29) is 5.78 Å². The first kappa shape index (κ1) is 15.7. The Bertz CT molecular complexity index is 335. The molecular weight excluding hydrogens is 230 g/mol. The van der Waals surface area contributed by atoms with Crippen LogP contribution in [0.15, 0.2) is 49.8 Å². The molecular formula is C14H19NOS. The minimum Gasteiger partial charge on any atom is -0.294 e. The highest BCUT2D eigenvalue weighted by Gasteiger charge is 1.96. The molecule has 0 amide bonds. The predicted molar refractivity (Wildman–Crippen MR) is 76.1 cm³/mol. The summed E-state index contributed by atoms with van der Waals surface area (Å²) in [7, 11) is 0. The summed E-state index contributed by atoms with van der Waals surface area (Å²) in [5.74, 6) is 1.44. The summed E-state index contributed by atoms with van der Waals surface area (Å²) in [5.41, 5.74) is 1.19. The Hall–Kier alpha value is -1.35. The molecule has 0 N–H and O–H groups in total. The molecule has 1 rings (SSSR count). The van der Waals surface area contributed by atoms with E-state index < -0.39 is 0 Å². The summed E-state index contributed by atoms with van der Waals surface area (Å²) in [6.07, 6.45) is 7.83. The topological polar surface area (TPSA) is 30.0 Å². The lowest BCUT2D eigenvalue weighted by atomic mass is 10.3. The highest BCUT2D eigenvalue weighted by molar-refractivity contribution is 7.99. The number of aromatic nitrogens is 1. The maximum Gasteiger partial charge on any atom is 0.164 e. The van der Waals surface area contributed by atoms with Gasteiger partial charge in [0.25, 0.3) is 0 Å². The number of carbonyl (C=O) groups excluding carboxylic acids is 1. The first-order valence-corrected chi connectivity index (χ1v) is 6.62. The lowest BCUT2D eigenvalue weighted by Crippen LogP contribution is -1.95. The molecule has 0 fully saturated rings. The van der Waals surface area contributed by atoms with Crippen molar-refractivity contribution in [1.29, 1.82) is 0 Å². The smallest absolute Gasteiger partial charge is 0.164 e. The van der Waals surface area contributed by atoms with Crippen molar-refractivity contribution in [2.45, 2.75) is 19.1 Å². The van der Waals surface area contributed by atoms with Crippen LogP contribution in [-0.4, -0.2) is 16.5 Å². The van der Waals surface area contributed by atoms with Gasteiger partial charge in [-0.25, -0.2) is 0 Å². The summed E-state index contributed by atoms with van der Waals surface area (Å²) < 4.78 is 0. The largest absolute Gasteiger partial charge is 0.294 e. The molecule has 92 valence electrons. The molecule has 2 nitrogen and oxygen atoms in total. The van der Waals surface area contributed by atoms with E-state index in [1.807, 2.05) is 18.2 Å². The molecule has 0 atom stereocenters. The molecule has 0 spiro atoms. The molecule has 0 unspecified atom stereocenters. The number of ketones is 1. The predicted octanol–water partition coefficient (Wildman–Crippen LogP) is 3.65. The molecule has 0 aliphatic rings. The number of allylic oxidation sites excluding steroid dienone is 2. The first-order chi connectivity index (χ1) is 8.24. The number of hydrogen-bond donors (Lipinski definition) is 0. The molecule has 1 aromatic rings. The molecule has 1 aromatic heterocycles. The molecule has 17 heavy (non-hydrogen) atoms. The van der Waals surface area contributed by atoms with Crippen molar-refractivity contribution in [2.24, 2.45) is 0 Å². The van der Waals surface area contributed by atoms with Crippen molar-refractivity contribution < 1.29 is 4.79 Å². The summed E-state index contributed by atoms with van der Waals surface area (Å²) in [4.78, 5) is 14.8.